The lowest BCUT2D eigenvalue weighted by atomic mass is 9.89. The Bertz CT molecular complexity index is 1180. The summed E-state index contributed by atoms with van der Waals surface area (Å²) in [5, 5.41) is 12.0. The third kappa shape index (κ3) is 6.33. The predicted octanol–water partition coefficient (Wildman–Crippen LogP) is 6.44. The van der Waals surface area contributed by atoms with Crippen molar-refractivity contribution in [3.8, 4) is 11.8 Å². The van der Waals surface area contributed by atoms with Crippen LogP contribution in [0.25, 0.3) is 0 Å². The maximum absolute atomic E-state index is 11.5. The molecule has 0 bridgehead atoms. The highest BCUT2D eigenvalue weighted by Crippen LogP contribution is 2.32. The van der Waals surface area contributed by atoms with E-state index in [4.69, 9.17) is 14.7 Å². The van der Waals surface area contributed by atoms with Crippen molar-refractivity contribution in [1.82, 2.24) is 5.32 Å². The van der Waals surface area contributed by atoms with Crippen LogP contribution in [-0.2, 0) is 17.8 Å². The summed E-state index contributed by atoms with van der Waals surface area (Å²) in [5.74, 6) is 0.858. The third-order valence-electron chi connectivity index (χ3n) is 5.97. The first-order valence-corrected chi connectivity index (χ1v) is 12.2. The second kappa shape index (κ2) is 11.1. The number of carbonyl (C=O) groups excluding carboxylic acids is 1. The number of aryl methyl sites for hydroxylation is 2. The number of cyclic esters (lactones) is 1. The van der Waals surface area contributed by atoms with Gasteiger partial charge in [0.05, 0.1) is 18.0 Å². The fourth-order valence-corrected chi connectivity index (χ4v) is 5.06. The molecule has 5 nitrogen and oxygen atoms in total. The number of hydrogen-bond donors (Lipinski definition) is 1. The highest BCUT2D eigenvalue weighted by Gasteiger charge is 2.38. The van der Waals surface area contributed by atoms with Crippen LogP contribution in [0.2, 0.25) is 0 Å². The average Bonchev–Trinajstić information content (AvgIpc) is 3.20. The average molecular weight is 473 g/mol. The quantitative estimate of drug-likeness (QED) is 0.368. The van der Waals surface area contributed by atoms with Crippen molar-refractivity contribution < 1.29 is 14.3 Å². The fraction of sp³-hybridized carbons (Fsp3) is 0.286. The maximum Gasteiger partial charge on any atom is 0.407 e. The highest BCUT2D eigenvalue weighted by atomic mass is 32.2. The number of ether oxygens (including phenoxy) is 2. The van der Waals surface area contributed by atoms with E-state index in [0.29, 0.717) is 6.61 Å². The molecule has 4 rings (SSSR count). The van der Waals surface area contributed by atoms with E-state index in [9.17, 15) is 4.79 Å². The van der Waals surface area contributed by atoms with Crippen LogP contribution in [0.5, 0.6) is 5.75 Å². The van der Waals surface area contributed by atoms with Gasteiger partial charge in [-0.2, -0.15) is 5.26 Å². The smallest absolute Gasteiger partial charge is 0.407 e. The molecule has 3 aromatic rings. The summed E-state index contributed by atoms with van der Waals surface area (Å²) in [6.45, 7) is 2.95. The van der Waals surface area contributed by atoms with E-state index >= 15 is 0 Å². The van der Waals surface area contributed by atoms with Gasteiger partial charge < -0.3 is 14.8 Å². The van der Waals surface area contributed by atoms with Crippen molar-refractivity contribution in [3.05, 3.63) is 89.5 Å². The molecule has 0 aromatic heterocycles. The largest absolute Gasteiger partial charge is 0.489 e. The molecule has 34 heavy (non-hydrogen) atoms. The van der Waals surface area contributed by atoms with E-state index < -0.39 is 11.6 Å². The van der Waals surface area contributed by atoms with Gasteiger partial charge in [0.2, 0.25) is 0 Å². The van der Waals surface area contributed by atoms with Crippen LogP contribution in [0.4, 0.5) is 4.79 Å². The Hall–Kier alpha value is -3.43. The number of amides is 1. The molecule has 1 aliphatic rings. The predicted molar refractivity (Wildman–Crippen MR) is 133 cm³/mol. The Morgan fingerprint density at radius 2 is 1.91 bits per heavy atom. The molecule has 1 N–H and O–H groups in total. The Morgan fingerprint density at radius 3 is 2.65 bits per heavy atom. The minimum Gasteiger partial charge on any atom is -0.489 e. The zero-order chi connectivity index (χ0) is 23.8. The molecule has 1 aliphatic heterocycles. The lowest BCUT2D eigenvalue weighted by Crippen LogP contribution is -2.43. The molecule has 1 saturated heterocycles. The van der Waals surface area contributed by atoms with Crippen LogP contribution in [0.1, 0.15) is 36.0 Å². The van der Waals surface area contributed by atoms with Crippen LogP contribution in [0.3, 0.4) is 0 Å². The van der Waals surface area contributed by atoms with Crippen LogP contribution in [0, 0.1) is 18.3 Å². The molecule has 0 spiro atoms. The number of nitrogens with zero attached hydrogens (tertiary/aromatic N) is 1. The summed E-state index contributed by atoms with van der Waals surface area (Å²) < 4.78 is 11.0. The van der Waals surface area contributed by atoms with E-state index in [1.54, 1.807) is 11.8 Å². The van der Waals surface area contributed by atoms with Gasteiger partial charge in [-0.1, -0.05) is 54.2 Å². The first-order valence-electron chi connectivity index (χ1n) is 11.4. The third-order valence-corrected chi connectivity index (χ3v) is 6.95. The van der Waals surface area contributed by atoms with E-state index in [0.717, 1.165) is 35.5 Å². The fourth-order valence-electron chi connectivity index (χ4n) is 4.10. The summed E-state index contributed by atoms with van der Waals surface area (Å²) in [6.07, 6.45) is 2.32. The lowest BCUT2D eigenvalue weighted by Gasteiger charge is -2.23. The number of hydrogen-bond acceptors (Lipinski definition) is 5. The Balaban J connectivity index is 1.32. The van der Waals surface area contributed by atoms with Gasteiger partial charge >= 0.3 is 6.09 Å². The summed E-state index contributed by atoms with van der Waals surface area (Å²) in [4.78, 5) is 13.8. The van der Waals surface area contributed by atoms with Gasteiger partial charge in [-0.25, -0.2) is 4.79 Å². The van der Waals surface area contributed by atoms with Crippen molar-refractivity contribution in [2.75, 3.05) is 6.61 Å². The Morgan fingerprint density at radius 1 is 1.09 bits per heavy atom. The van der Waals surface area contributed by atoms with Crippen molar-refractivity contribution in [3.63, 3.8) is 0 Å². The van der Waals surface area contributed by atoms with Crippen LogP contribution >= 0.6 is 11.8 Å². The summed E-state index contributed by atoms with van der Waals surface area (Å²) in [7, 11) is 0. The second-order valence-corrected chi connectivity index (χ2v) is 9.76. The van der Waals surface area contributed by atoms with Crippen molar-refractivity contribution >= 4 is 17.9 Å². The summed E-state index contributed by atoms with van der Waals surface area (Å²) in [5.41, 5.74) is 3.11. The van der Waals surface area contributed by atoms with Crippen molar-refractivity contribution in [1.29, 1.82) is 5.26 Å². The molecule has 1 amide bonds. The molecular weight excluding hydrogens is 444 g/mol. The van der Waals surface area contributed by atoms with Gasteiger partial charge in [0.1, 0.15) is 19.0 Å². The van der Waals surface area contributed by atoms with E-state index in [-0.39, 0.29) is 13.0 Å². The van der Waals surface area contributed by atoms with E-state index in [2.05, 4.69) is 60.8 Å². The van der Waals surface area contributed by atoms with Gasteiger partial charge in [0.15, 0.2) is 0 Å². The van der Waals surface area contributed by atoms with Gasteiger partial charge in [0.25, 0.3) is 0 Å². The van der Waals surface area contributed by atoms with Crippen LogP contribution < -0.4 is 10.1 Å². The zero-order valence-corrected chi connectivity index (χ0v) is 20.1. The van der Waals surface area contributed by atoms with Crippen LogP contribution in [0.15, 0.2) is 82.6 Å². The number of alkyl carbamates (subject to hydrolysis) is 1. The topological polar surface area (TPSA) is 71.3 Å². The molecule has 1 unspecified atom stereocenters. The van der Waals surface area contributed by atoms with Gasteiger partial charge in [0, 0.05) is 9.79 Å². The highest BCUT2D eigenvalue weighted by molar-refractivity contribution is 7.99. The molecule has 174 valence electrons. The standard InChI is InChI=1S/C28H28N2O3S/c1-21-17-26(13-12-23(21)9-6-14-28(15-16-29)20-33-27(31)30-28)34-25-11-5-10-24(18-25)32-19-22-7-3-2-4-8-22/h2-5,7-8,10-13,17-18H,6,9,14-15,19-20H2,1H3,(H,30,31). The molecule has 0 saturated carbocycles. The zero-order valence-electron chi connectivity index (χ0n) is 19.3. The number of benzene rings is 3. The normalized spacial score (nSPS) is 17.0. The molecule has 1 heterocycles. The number of nitriles is 1. The molecule has 1 fully saturated rings. The van der Waals surface area contributed by atoms with Crippen molar-refractivity contribution in [2.45, 2.75) is 54.5 Å². The Kier molecular flexibility index (Phi) is 7.76. The number of carbonyl (C=O) groups is 1. The van der Waals surface area contributed by atoms with Crippen LogP contribution in [-0.4, -0.2) is 18.2 Å². The molecule has 6 heteroatoms. The molecule has 0 aliphatic carbocycles. The van der Waals surface area contributed by atoms with E-state index in [1.165, 1.54) is 16.0 Å². The first kappa shape index (κ1) is 23.7. The van der Waals surface area contributed by atoms with E-state index in [1.807, 2.05) is 30.3 Å². The first-order chi connectivity index (χ1) is 16.5. The molecule has 0 radical (unpaired) electrons. The Labute approximate surface area is 205 Å². The van der Waals surface area contributed by atoms with Crippen molar-refractivity contribution in [2.24, 2.45) is 0 Å². The number of rotatable bonds is 10. The SMILES string of the molecule is Cc1cc(Sc2cccc(OCc3ccccc3)c2)ccc1CCCC1(CC#N)COC(=O)N1. The molecule has 1 atom stereocenters. The monoisotopic (exact) mass is 472 g/mol. The number of nitrogens with one attached hydrogen (secondary N) is 1. The van der Waals surface area contributed by atoms with Gasteiger partial charge in [-0.15, -0.1) is 0 Å². The second-order valence-electron chi connectivity index (χ2n) is 8.61. The minimum atomic E-state index is -0.552. The molecule has 3 aromatic carbocycles. The minimum absolute atomic E-state index is 0.265. The van der Waals surface area contributed by atoms with Gasteiger partial charge in [-0.3, -0.25) is 0 Å². The van der Waals surface area contributed by atoms with Gasteiger partial charge in [-0.05, 0) is 73.2 Å². The molecular formula is C28H28N2O3S. The lowest BCUT2D eigenvalue weighted by molar-refractivity contribution is 0.171. The summed E-state index contributed by atoms with van der Waals surface area (Å²) >= 11 is 1.72. The summed E-state index contributed by atoms with van der Waals surface area (Å²) in [6, 6.07) is 27.0. The maximum atomic E-state index is 11.5.